The van der Waals surface area contributed by atoms with Crippen LogP contribution in [0.4, 0.5) is 0 Å². The SMILES string of the molecule is O=C(C[NH+]1CCN(C(=O)c2ccccc2)CC1)N[C@H]1CS(=O)(=O)C[C@H]1Cl. The Hall–Kier alpha value is -1.64. The third-order valence-corrected chi connectivity index (χ3v) is 7.19. The summed E-state index contributed by atoms with van der Waals surface area (Å²) < 4.78 is 23.1. The Labute approximate surface area is 158 Å². The second kappa shape index (κ2) is 7.94. The molecule has 0 bridgehead atoms. The number of rotatable bonds is 4. The molecule has 0 aliphatic carbocycles. The van der Waals surface area contributed by atoms with Gasteiger partial charge in [-0.2, -0.15) is 0 Å². The Morgan fingerprint density at radius 2 is 1.81 bits per heavy atom. The van der Waals surface area contributed by atoms with Gasteiger partial charge in [-0.25, -0.2) is 8.42 Å². The number of piperazine rings is 1. The van der Waals surface area contributed by atoms with Crippen LogP contribution in [0.3, 0.4) is 0 Å². The molecule has 9 heteroatoms. The van der Waals surface area contributed by atoms with Gasteiger partial charge in [0.05, 0.1) is 49.1 Å². The second-order valence-corrected chi connectivity index (χ2v) is 9.57. The van der Waals surface area contributed by atoms with Crippen LogP contribution in [0.2, 0.25) is 0 Å². The van der Waals surface area contributed by atoms with Gasteiger partial charge in [0.15, 0.2) is 16.4 Å². The van der Waals surface area contributed by atoms with Crippen molar-refractivity contribution in [3.63, 3.8) is 0 Å². The predicted molar refractivity (Wildman–Crippen MR) is 98.1 cm³/mol. The molecule has 2 amide bonds. The maximum atomic E-state index is 12.4. The monoisotopic (exact) mass is 400 g/mol. The van der Waals surface area contributed by atoms with E-state index >= 15 is 0 Å². The minimum Gasteiger partial charge on any atom is -0.346 e. The van der Waals surface area contributed by atoms with Crippen LogP contribution in [0, 0.1) is 0 Å². The summed E-state index contributed by atoms with van der Waals surface area (Å²) >= 11 is 6.02. The summed E-state index contributed by atoms with van der Waals surface area (Å²) in [5.74, 6) is -0.375. The molecule has 0 saturated carbocycles. The van der Waals surface area contributed by atoms with Gasteiger partial charge >= 0.3 is 0 Å². The van der Waals surface area contributed by atoms with Crippen molar-refractivity contribution < 1.29 is 22.9 Å². The molecule has 26 heavy (non-hydrogen) atoms. The highest BCUT2D eigenvalue weighted by molar-refractivity contribution is 7.91. The number of quaternary nitrogens is 1. The molecule has 2 N–H and O–H groups in total. The van der Waals surface area contributed by atoms with Crippen molar-refractivity contribution in [2.75, 3.05) is 44.2 Å². The summed E-state index contributed by atoms with van der Waals surface area (Å²) in [7, 11) is -3.16. The van der Waals surface area contributed by atoms with Crippen molar-refractivity contribution in [1.82, 2.24) is 10.2 Å². The minimum atomic E-state index is -3.16. The van der Waals surface area contributed by atoms with Crippen molar-refractivity contribution in [1.29, 1.82) is 0 Å². The molecule has 2 heterocycles. The average Bonchev–Trinajstić information content (AvgIpc) is 2.87. The number of benzene rings is 1. The number of alkyl halides is 1. The van der Waals surface area contributed by atoms with Crippen LogP contribution >= 0.6 is 11.6 Å². The lowest BCUT2D eigenvalue weighted by molar-refractivity contribution is -0.896. The zero-order valence-corrected chi connectivity index (χ0v) is 15.9. The molecule has 2 fully saturated rings. The first-order chi connectivity index (χ1) is 12.3. The van der Waals surface area contributed by atoms with Crippen molar-refractivity contribution in [3.05, 3.63) is 35.9 Å². The van der Waals surface area contributed by atoms with Gasteiger partial charge in [-0.15, -0.1) is 11.6 Å². The number of carbonyl (C=O) groups is 2. The number of carbonyl (C=O) groups excluding carboxylic acids is 2. The lowest BCUT2D eigenvalue weighted by Crippen LogP contribution is -3.16. The zero-order valence-electron chi connectivity index (χ0n) is 14.4. The Morgan fingerprint density at radius 1 is 1.15 bits per heavy atom. The van der Waals surface area contributed by atoms with E-state index in [9.17, 15) is 18.0 Å². The van der Waals surface area contributed by atoms with Crippen LogP contribution in [-0.2, 0) is 14.6 Å². The van der Waals surface area contributed by atoms with Crippen molar-refractivity contribution in [2.24, 2.45) is 0 Å². The minimum absolute atomic E-state index is 0.00949. The lowest BCUT2D eigenvalue weighted by Gasteiger charge is -2.32. The van der Waals surface area contributed by atoms with Crippen LogP contribution in [-0.4, -0.2) is 80.8 Å². The predicted octanol–water partition coefficient (Wildman–Crippen LogP) is -1.45. The molecule has 2 aliphatic heterocycles. The van der Waals surface area contributed by atoms with Gasteiger partial charge in [0.25, 0.3) is 11.8 Å². The molecule has 2 aliphatic rings. The zero-order chi connectivity index (χ0) is 18.7. The first-order valence-electron chi connectivity index (χ1n) is 8.66. The standard InChI is InChI=1S/C17H22ClN3O4S/c18-14-11-26(24,25)12-15(14)19-16(22)10-20-6-8-21(9-7-20)17(23)13-4-2-1-3-5-13/h1-5,14-15H,6-12H2,(H,19,22)/p+1/t14-,15+/m1/s1. The number of hydrogen-bond acceptors (Lipinski definition) is 4. The molecule has 3 rings (SSSR count). The Morgan fingerprint density at radius 3 is 2.38 bits per heavy atom. The van der Waals surface area contributed by atoms with E-state index in [-0.39, 0.29) is 29.9 Å². The van der Waals surface area contributed by atoms with E-state index < -0.39 is 21.3 Å². The van der Waals surface area contributed by atoms with Gasteiger partial charge in [-0.1, -0.05) is 18.2 Å². The molecule has 0 aromatic heterocycles. The smallest absolute Gasteiger partial charge is 0.275 e. The van der Waals surface area contributed by atoms with Gasteiger partial charge in [0, 0.05) is 5.56 Å². The van der Waals surface area contributed by atoms with Crippen LogP contribution in [0.15, 0.2) is 30.3 Å². The van der Waals surface area contributed by atoms with Gasteiger partial charge < -0.3 is 15.1 Å². The molecule has 2 atom stereocenters. The number of sulfone groups is 1. The molecule has 1 aromatic carbocycles. The topological polar surface area (TPSA) is 88.0 Å². The maximum absolute atomic E-state index is 12.4. The Bertz CT molecular complexity index is 763. The van der Waals surface area contributed by atoms with E-state index in [0.29, 0.717) is 31.7 Å². The van der Waals surface area contributed by atoms with Gasteiger partial charge in [0.1, 0.15) is 0 Å². The normalized spacial score (nSPS) is 25.8. The van der Waals surface area contributed by atoms with Gasteiger partial charge in [-0.3, -0.25) is 9.59 Å². The highest BCUT2D eigenvalue weighted by atomic mass is 35.5. The fourth-order valence-electron chi connectivity index (χ4n) is 3.39. The summed E-state index contributed by atoms with van der Waals surface area (Å²) in [6.07, 6.45) is 0. The summed E-state index contributed by atoms with van der Waals surface area (Å²) in [6, 6.07) is 8.63. The Balaban J connectivity index is 1.45. The van der Waals surface area contributed by atoms with E-state index in [1.807, 2.05) is 18.2 Å². The van der Waals surface area contributed by atoms with Crippen LogP contribution in [0.5, 0.6) is 0 Å². The van der Waals surface area contributed by atoms with Gasteiger partial charge in [0.2, 0.25) is 0 Å². The molecule has 0 radical (unpaired) electrons. The van der Waals surface area contributed by atoms with E-state index in [1.54, 1.807) is 17.0 Å². The summed E-state index contributed by atoms with van der Waals surface area (Å²) in [5.41, 5.74) is 0.671. The third kappa shape index (κ3) is 4.75. The average molecular weight is 401 g/mol. The molecule has 7 nitrogen and oxygen atoms in total. The van der Waals surface area contributed by atoms with E-state index in [4.69, 9.17) is 11.6 Å². The first-order valence-corrected chi connectivity index (χ1v) is 10.9. The number of amides is 2. The molecule has 0 spiro atoms. The largest absolute Gasteiger partial charge is 0.346 e. The molecular weight excluding hydrogens is 378 g/mol. The summed E-state index contributed by atoms with van der Waals surface area (Å²) in [5, 5.41) is 2.17. The molecule has 0 unspecified atom stereocenters. The molecule has 2 saturated heterocycles. The summed E-state index contributed by atoms with van der Waals surface area (Å²) in [6.45, 7) is 2.80. The number of halogens is 1. The number of hydrogen-bond donors (Lipinski definition) is 2. The van der Waals surface area contributed by atoms with E-state index in [2.05, 4.69) is 5.32 Å². The molecular formula is C17H23ClN3O4S+. The lowest BCUT2D eigenvalue weighted by atomic mass is 10.2. The molecule has 142 valence electrons. The number of nitrogens with one attached hydrogen (secondary N) is 2. The first kappa shape index (κ1) is 19.1. The highest BCUT2D eigenvalue weighted by Gasteiger charge is 2.37. The Kier molecular flexibility index (Phi) is 5.84. The van der Waals surface area contributed by atoms with Crippen LogP contribution < -0.4 is 10.2 Å². The second-order valence-electron chi connectivity index (χ2n) is 6.85. The van der Waals surface area contributed by atoms with Gasteiger partial charge in [-0.05, 0) is 12.1 Å². The fraction of sp³-hybridized carbons (Fsp3) is 0.529. The van der Waals surface area contributed by atoms with Crippen molar-refractivity contribution in [3.8, 4) is 0 Å². The summed E-state index contributed by atoms with van der Waals surface area (Å²) in [4.78, 5) is 27.5. The van der Waals surface area contributed by atoms with E-state index in [1.165, 1.54) is 0 Å². The maximum Gasteiger partial charge on any atom is 0.275 e. The van der Waals surface area contributed by atoms with E-state index in [0.717, 1.165) is 4.90 Å². The third-order valence-electron chi connectivity index (χ3n) is 4.82. The van der Waals surface area contributed by atoms with Crippen LogP contribution in [0.1, 0.15) is 10.4 Å². The fourth-order valence-corrected chi connectivity index (χ4v) is 5.94. The van der Waals surface area contributed by atoms with Crippen molar-refractivity contribution in [2.45, 2.75) is 11.4 Å². The quantitative estimate of drug-likeness (QED) is 0.605. The van der Waals surface area contributed by atoms with Crippen LogP contribution in [0.25, 0.3) is 0 Å². The van der Waals surface area contributed by atoms with Crippen molar-refractivity contribution >= 4 is 33.3 Å². The molecule has 1 aromatic rings. The number of nitrogens with zero attached hydrogens (tertiary/aromatic N) is 1. The highest BCUT2D eigenvalue weighted by Crippen LogP contribution is 2.17.